The van der Waals surface area contributed by atoms with E-state index in [4.69, 9.17) is 11.6 Å². The zero-order valence-corrected chi connectivity index (χ0v) is 17.2. The molecule has 0 bridgehead atoms. The molecule has 1 atom stereocenters. The summed E-state index contributed by atoms with van der Waals surface area (Å²) in [7, 11) is 0. The van der Waals surface area contributed by atoms with Gasteiger partial charge in [0.25, 0.3) is 5.91 Å². The third-order valence-corrected chi connectivity index (χ3v) is 5.56. The summed E-state index contributed by atoms with van der Waals surface area (Å²) in [6.45, 7) is 0.369. The summed E-state index contributed by atoms with van der Waals surface area (Å²) in [5.41, 5.74) is 3.33. The molecule has 1 aliphatic rings. The predicted octanol–water partition coefficient (Wildman–Crippen LogP) is 6.16. The minimum absolute atomic E-state index is 0.204. The zero-order valence-electron chi connectivity index (χ0n) is 14.8. The van der Waals surface area contributed by atoms with E-state index < -0.39 is 0 Å². The van der Waals surface area contributed by atoms with Gasteiger partial charge in [-0.25, -0.2) is 0 Å². The van der Waals surface area contributed by atoms with Gasteiger partial charge in [0.15, 0.2) is 5.76 Å². The number of rotatable bonds is 4. The van der Waals surface area contributed by atoms with Gasteiger partial charge in [0.05, 0.1) is 6.04 Å². The predicted molar refractivity (Wildman–Crippen MR) is 115 cm³/mol. The summed E-state index contributed by atoms with van der Waals surface area (Å²) in [5, 5.41) is 11.4. The maximum absolute atomic E-state index is 13.0. The first kappa shape index (κ1) is 18.8. The number of hydrogen-bond donors (Lipinski definition) is 1. The lowest BCUT2D eigenvalue weighted by Crippen LogP contribution is -2.29. The molecule has 0 fully saturated rings. The van der Waals surface area contributed by atoms with Crippen LogP contribution in [0, 0.1) is 0 Å². The molecule has 0 saturated heterocycles. The van der Waals surface area contributed by atoms with Crippen LogP contribution in [0.3, 0.4) is 0 Å². The zero-order chi connectivity index (χ0) is 19.7. The van der Waals surface area contributed by atoms with Crippen molar-refractivity contribution in [1.29, 1.82) is 0 Å². The third kappa shape index (κ3) is 3.58. The van der Waals surface area contributed by atoms with E-state index in [2.05, 4.69) is 15.9 Å². The van der Waals surface area contributed by atoms with Crippen LogP contribution in [0.2, 0.25) is 5.02 Å². The van der Waals surface area contributed by atoms with E-state index in [9.17, 15) is 9.90 Å². The molecule has 0 spiro atoms. The lowest BCUT2D eigenvalue weighted by Gasteiger charge is -2.27. The van der Waals surface area contributed by atoms with Crippen LogP contribution in [0.15, 0.2) is 89.1 Å². The monoisotopic (exact) mass is 453 g/mol. The molecule has 1 heterocycles. The number of aliphatic hydroxyl groups is 1. The van der Waals surface area contributed by atoms with Crippen LogP contribution in [0.5, 0.6) is 0 Å². The molecule has 4 rings (SSSR count). The average molecular weight is 455 g/mol. The van der Waals surface area contributed by atoms with Crippen LogP contribution >= 0.6 is 27.5 Å². The highest BCUT2D eigenvalue weighted by atomic mass is 79.9. The highest BCUT2D eigenvalue weighted by molar-refractivity contribution is 9.10. The summed E-state index contributed by atoms with van der Waals surface area (Å²) in [6.07, 6.45) is 0. The molecular weight excluding hydrogens is 438 g/mol. The van der Waals surface area contributed by atoms with Crippen LogP contribution in [-0.4, -0.2) is 15.9 Å². The van der Waals surface area contributed by atoms with E-state index in [0.29, 0.717) is 17.1 Å². The quantitative estimate of drug-likeness (QED) is 0.513. The highest BCUT2D eigenvalue weighted by Gasteiger charge is 2.40. The molecule has 1 aliphatic heterocycles. The number of carbonyl (C=O) groups excluding carboxylic acids is 1. The molecule has 0 aliphatic carbocycles. The maximum Gasteiger partial charge on any atom is 0.290 e. The molecule has 0 radical (unpaired) electrons. The van der Waals surface area contributed by atoms with Crippen molar-refractivity contribution < 1.29 is 9.90 Å². The third-order valence-electron chi connectivity index (χ3n) is 4.82. The fourth-order valence-electron chi connectivity index (χ4n) is 3.54. The Morgan fingerprint density at radius 3 is 2.36 bits per heavy atom. The maximum atomic E-state index is 13.0. The van der Waals surface area contributed by atoms with Crippen molar-refractivity contribution in [1.82, 2.24) is 4.90 Å². The number of hydrogen-bond acceptors (Lipinski definition) is 2. The highest BCUT2D eigenvalue weighted by Crippen LogP contribution is 2.44. The van der Waals surface area contributed by atoms with Crippen molar-refractivity contribution in [3.05, 3.63) is 111 Å². The van der Waals surface area contributed by atoms with Gasteiger partial charge in [-0.2, -0.15) is 0 Å². The van der Waals surface area contributed by atoms with Crippen molar-refractivity contribution in [3.63, 3.8) is 0 Å². The van der Waals surface area contributed by atoms with Crippen molar-refractivity contribution in [2.75, 3.05) is 0 Å². The van der Waals surface area contributed by atoms with E-state index in [1.807, 2.05) is 66.7 Å². The Hall–Kier alpha value is -2.56. The summed E-state index contributed by atoms with van der Waals surface area (Å²) < 4.78 is 0.919. The molecule has 28 heavy (non-hydrogen) atoms. The minimum Gasteiger partial charge on any atom is -0.503 e. The fraction of sp³-hybridized carbons (Fsp3) is 0.0870. The van der Waals surface area contributed by atoms with Crippen molar-refractivity contribution >= 4 is 39.0 Å². The minimum atomic E-state index is -0.386. The smallest absolute Gasteiger partial charge is 0.290 e. The number of amides is 1. The Balaban J connectivity index is 1.81. The van der Waals surface area contributed by atoms with Gasteiger partial charge in [-0.15, -0.1) is 0 Å². The summed E-state index contributed by atoms with van der Waals surface area (Å²) in [6, 6.07) is 24.4. The lowest BCUT2D eigenvalue weighted by atomic mass is 9.93. The molecule has 0 saturated carbocycles. The number of carbonyl (C=O) groups is 1. The Bertz CT molecular complexity index is 1050. The summed E-state index contributed by atoms with van der Waals surface area (Å²) in [4.78, 5) is 14.7. The van der Waals surface area contributed by atoms with Crippen LogP contribution in [0.1, 0.15) is 22.7 Å². The topological polar surface area (TPSA) is 40.5 Å². The SMILES string of the molecule is O=C1C(O)=C(c2ccccc2)C(c2cccc(Br)c2)N1Cc1ccc(Cl)cc1. The Morgan fingerprint density at radius 2 is 1.68 bits per heavy atom. The van der Waals surface area contributed by atoms with Crippen molar-refractivity contribution in [2.24, 2.45) is 0 Å². The van der Waals surface area contributed by atoms with Gasteiger partial charge in [0.2, 0.25) is 0 Å². The van der Waals surface area contributed by atoms with Gasteiger partial charge in [-0.05, 0) is 41.0 Å². The van der Waals surface area contributed by atoms with Crippen LogP contribution in [0.25, 0.3) is 5.57 Å². The lowest BCUT2D eigenvalue weighted by molar-refractivity contribution is -0.130. The van der Waals surface area contributed by atoms with Crippen LogP contribution < -0.4 is 0 Å². The van der Waals surface area contributed by atoms with Crippen LogP contribution in [0.4, 0.5) is 0 Å². The van der Waals surface area contributed by atoms with E-state index in [0.717, 1.165) is 21.2 Å². The molecule has 3 nitrogen and oxygen atoms in total. The van der Waals surface area contributed by atoms with Gasteiger partial charge in [-0.1, -0.05) is 82.1 Å². The van der Waals surface area contributed by atoms with E-state index in [1.165, 1.54) is 0 Å². The molecule has 1 unspecified atom stereocenters. The van der Waals surface area contributed by atoms with Gasteiger partial charge in [0.1, 0.15) is 0 Å². The number of nitrogens with zero attached hydrogens (tertiary/aromatic N) is 1. The van der Waals surface area contributed by atoms with E-state index >= 15 is 0 Å². The van der Waals surface area contributed by atoms with Crippen molar-refractivity contribution in [3.8, 4) is 0 Å². The summed E-state index contributed by atoms with van der Waals surface area (Å²) >= 11 is 9.51. The van der Waals surface area contributed by atoms with Gasteiger partial charge in [0, 0.05) is 21.6 Å². The number of benzene rings is 3. The average Bonchev–Trinajstić information content (AvgIpc) is 2.95. The molecule has 140 valence electrons. The number of halogens is 2. The molecular formula is C23H17BrClNO2. The second-order valence-corrected chi connectivity index (χ2v) is 8.00. The van der Waals surface area contributed by atoms with Gasteiger partial charge in [-0.3, -0.25) is 4.79 Å². The Labute approximate surface area is 177 Å². The van der Waals surface area contributed by atoms with E-state index in [1.54, 1.807) is 17.0 Å². The van der Waals surface area contributed by atoms with E-state index in [-0.39, 0.29) is 17.7 Å². The first-order valence-corrected chi connectivity index (χ1v) is 10.0. The van der Waals surface area contributed by atoms with Crippen molar-refractivity contribution in [2.45, 2.75) is 12.6 Å². The molecule has 0 aromatic heterocycles. The van der Waals surface area contributed by atoms with Crippen LogP contribution in [-0.2, 0) is 11.3 Å². The Kier molecular flexibility index (Phi) is 5.25. The second-order valence-electron chi connectivity index (χ2n) is 6.65. The van der Waals surface area contributed by atoms with Gasteiger partial charge >= 0.3 is 0 Å². The molecule has 1 N–H and O–H groups in total. The fourth-order valence-corrected chi connectivity index (χ4v) is 4.08. The second kappa shape index (κ2) is 7.82. The normalized spacial score (nSPS) is 16.7. The number of aliphatic hydroxyl groups excluding tert-OH is 1. The van der Waals surface area contributed by atoms with Gasteiger partial charge < -0.3 is 10.0 Å². The first-order chi connectivity index (χ1) is 13.5. The standard InChI is InChI=1S/C23H17BrClNO2/c24-18-8-4-7-17(13-18)21-20(16-5-2-1-3-6-16)22(27)23(28)26(21)14-15-9-11-19(25)12-10-15/h1-13,21,27H,14H2. The molecule has 1 amide bonds. The first-order valence-electron chi connectivity index (χ1n) is 8.84. The molecule has 3 aromatic rings. The molecule has 3 aromatic carbocycles. The molecule has 5 heteroatoms. The Morgan fingerprint density at radius 1 is 0.964 bits per heavy atom. The summed E-state index contributed by atoms with van der Waals surface area (Å²) in [5.74, 6) is -0.580. The largest absolute Gasteiger partial charge is 0.503 e.